The smallest absolute Gasteiger partial charge is 0.158 e. The lowest BCUT2D eigenvalue weighted by molar-refractivity contribution is 0.627. The van der Waals surface area contributed by atoms with E-state index in [0.29, 0.717) is 18.0 Å². The summed E-state index contributed by atoms with van der Waals surface area (Å²) in [7, 11) is 0. The molecular weight excluding hydrogens is 396 g/mol. The molecule has 0 spiro atoms. The Morgan fingerprint density at radius 1 is 1.59 bits per heavy atom. The fraction of sp³-hybridized carbons (Fsp3) is 0.133. The van der Waals surface area contributed by atoms with Crippen molar-refractivity contribution in [2.45, 2.75) is 13.5 Å². The topological polar surface area (TPSA) is 77.5 Å². The largest absolute Gasteiger partial charge is 0.356 e. The first-order valence-corrected chi connectivity index (χ1v) is 7.45. The Kier molecular flexibility index (Phi) is 5.27. The van der Waals surface area contributed by atoms with Gasteiger partial charge in [0, 0.05) is 21.2 Å². The van der Waals surface area contributed by atoms with Gasteiger partial charge in [0.2, 0.25) is 0 Å². The van der Waals surface area contributed by atoms with E-state index in [1.165, 1.54) is 12.1 Å². The molecule has 0 aliphatic heterocycles. The van der Waals surface area contributed by atoms with E-state index in [4.69, 9.17) is 10.7 Å². The Hall–Kier alpha value is -2.21. The molecule has 2 N–H and O–H groups in total. The number of rotatable bonds is 5. The number of benzene rings is 1. The predicted octanol–water partition coefficient (Wildman–Crippen LogP) is 3.53. The van der Waals surface area contributed by atoms with Crippen LogP contribution in [0.3, 0.4) is 0 Å². The van der Waals surface area contributed by atoms with E-state index >= 15 is 0 Å². The summed E-state index contributed by atoms with van der Waals surface area (Å²) >= 11 is 2.05. The third-order valence-electron chi connectivity index (χ3n) is 2.72. The molecule has 112 valence electrons. The molecule has 0 fully saturated rings. The zero-order valence-electron chi connectivity index (χ0n) is 11.8. The van der Waals surface area contributed by atoms with Crippen molar-refractivity contribution in [3.05, 3.63) is 57.6 Å². The third-order valence-corrected chi connectivity index (χ3v) is 3.61. The van der Waals surface area contributed by atoms with Crippen molar-refractivity contribution >= 4 is 34.0 Å². The highest BCUT2D eigenvalue weighted by molar-refractivity contribution is 14.1. The molecule has 0 unspecified atom stereocenters. The molecule has 2 rings (SSSR count). The minimum Gasteiger partial charge on any atom is -0.356 e. The lowest BCUT2D eigenvalue weighted by Crippen LogP contribution is -2.10. The summed E-state index contributed by atoms with van der Waals surface area (Å²) in [6, 6.07) is 6.43. The standard InChI is InChI=1S/C15H13FIN5/c1-10(19)4-12(7-22-8-13(6-18)20-9-22)21-15-3-2-11(16)5-14(15)17/h2-5,8-9,19,21H,7H2,1H3/b12-4-,19-10?. The fourth-order valence-corrected chi connectivity index (χ4v) is 2.46. The number of hydrogen-bond donors (Lipinski definition) is 2. The molecule has 22 heavy (non-hydrogen) atoms. The average molecular weight is 409 g/mol. The van der Waals surface area contributed by atoms with Crippen LogP contribution in [0.5, 0.6) is 0 Å². The van der Waals surface area contributed by atoms with E-state index in [9.17, 15) is 4.39 Å². The quantitative estimate of drug-likeness (QED) is 0.586. The van der Waals surface area contributed by atoms with Gasteiger partial charge in [-0.3, -0.25) is 0 Å². The van der Waals surface area contributed by atoms with Crippen molar-refractivity contribution in [3.8, 4) is 6.07 Å². The monoisotopic (exact) mass is 409 g/mol. The Morgan fingerprint density at radius 3 is 2.95 bits per heavy atom. The molecule has 7 heteroatoms. The van der Waals surface area contributed by atoms with Crippen LogP contribution in [0.25, 0.3) is 0 Å². The van der Waals surface area contributed by atoms with Gasteiger partial charge in [-0.25, -0.2) is 9.37 Å². The van der Waals surface area contributed by atoms with E-state index in [1.807, 2.05) is 28.7 Å². The summed E-state index contributed by atoms with van der Waals surface area (Å²) in [5.74, 6) is -0.294. The van der Waals surface area contributed by atoms with Crippen molar-refractivity contribution in [3.63, 3.8) is 0 Å². The SMILES string of the molecule is CC(=N)/C=C(/Cn1cnc(C#N)c1)Nc1ccc(F)cc1I. The maximum atomic E-state index is 13.2. The Labute approximate surface area is 141 Å². The Balaban J connectivity index is 2.23. The zero-order chi connectivity index (χ0) is 16.1. The van der Waals surface area contributed by atoms with Crippen LogP contribution in [0.4, 0.5) is 10.1 Å². The predicted molar refractivity (Wildman–Crippen MR) is 91.2 cm³/mol. The molecule has 0 amide bonds. The van der Waals surface area contributed by atoms with E-state index in [2.05, 4.69) is 10.3 Å². The maximum Gasteiger partial charge on any atom is 0.158 e. The highest BCUT2D eigenvalue weighted by atomic mass is 127. The highest BCUT2D eigenvalue weighted by Crippen LogP contribution is 2.21. The molecule has 2 aromatic rings. The first-order valence-electron chi connectivity index (χ1n) is 6.37. The molecule has 0 saturated heterocycles. The normalized spacial score (nSPS) is 11.1. The molecule has 1 aromatic heterocycles. The van der Waals surface area contributed by atoms with Crippen molar-refractivity contribution in [1.29, 1.82) is 10.7 Å². The van der Waals surface area contributed by atoms with Crippen molar-refractivity contribution in [2.75, 3.05) is 5.32 Å². The number of allylic oxidation sites excluding steroid dienone is 2. The number of nitrogens with one attached hydrogen (secondary N) is 2. The van der Waals surface area contributed by atoms with E-state index in [1.54, 1.807) is 36.2 Å². The van der Waals surface area contributed by atoms with E-state index in [0.717, 1.165) is 15.0 Å². The lowest BCUT2D eigenvalue weighted by Gasteiger charge is -2.13. The Morgan fingerprint density at radius 2 is 2.36 bits per heavy atom. The number of nitrogens with zero attached hydrogens (tertiary/aromatic N) is 3. The van der Waals surface area contributed by atoms with Gasteiger partial charge in [0.15, 0.2) is 5.69 Å². The fourth-order valence-electron chi connectivity index (χ4n) is 1.85. The van der Waals surface area contributed by atoms with Crippen molar-refractivity contribution in [2.24, 2.45) is 0 Å². The lowest BCUT2D eigenvalue weighted by atomic mass is 10.2. The van der Waals surface area contributed by atoms with Gasteiger partial charge in [-0.1, -0.05) is 0 Å². The molecule has 0 atom stereocenters. The second-order valence-electron chi connectivity index (χ2n) is 4.64. The second kappa shape index (κ2) is 7.17. The summed E-state index contributed by atoms with van der Waals surface area (Å²) in [4.78, 5) is 3.95. The van der Waals surface area contributed by atoms with Gasteiger partial charge in [-0.15, -0.1) is 0 Å². The summed E-state index contributed by atoms with van der Waals surface area (Å²) in [5.41, 5.74) is 2.23. The first kappa shape index (κ1) is 16.2. The summed E-state index contributed by atoms with van der Waals surface area (Å²) in [6.07, 6.45) is 4.87. The molecule has 0 saturated carbocycles. The number of halogens is 2. The molecule has 0 radical (unpaired) electrons. The van der Waals surface area contributed by atoms with Crippen LogP contribution in [0.1, 0.15) is 12.6 Å². The minimum absolute atomic E-state index is 0.294. The summed E-state index contributed by atoms with van der Waals surface area (Å²) < 4.78 is 15.7. The summed E-state index contributed by atoms with van der Waals surface area (Å²) in [6.45, 7) is 2.10. The van der Waals surface area contributed by atoms with Gasteiger partial charge in [-0.05, 0) is 53.8 Å². The van der Waals surface area contributed by atoms with E-state index < -0.39 is 0 Å². The molecule has 1 aromatic carbocycles. The molecule has 0 bridgehead atoms. The van der Waals surface area contributed by atoms with Gasteiger partial charge < -0.3 is 15.3 Å². The molecule has 1 heterocycles. The van der Waals surface area contributed by atoms with Crippen LogP contribution in [0.2, 0.25) is 0 Å². The molecule has 0 aliphatic carbocycles. The van der Waals surface area contributed by atoms with Crippen molar-refractivity contribution in [1.82, 2.24) is 9.55 Å². The number of aromatic nitrogens is 2. The van der Waals surface area contributed by atoms with Gasteiger partial charge in [-0.2, -0.15) is 5.26 Å². The third kappa shape index (κ3) is 4.39. The van der Waals surface area contributed by atoms with Gasteiger partial charge in [0.1, 0.15) is 11.9 Å². The van der Waals surface area contributed by atoms with Crippen molar-refractivity contribution < 1.29 is 4.39 Å². The maximum absolute atomic E-state index is 13.2. The van der Waals surface area contributed by atoms with Crippen LogP contribution < -0.4 is 5.32 Å². The zero-order valence-corrected chi connectivity index (χ0v) is 13.9. The number of hydrogen-bond acceptors (Lipinski definition) is 4. The second-order valence-corrected chi connectivity index (χ2v) is 5.81. The van der Waals surface area contributed by atoms with Gasteiger partial charge >= 0.3 is 0 Å². The van der Waals surface area contributed by atoms with Crippen LogP contribution >= 0.6 is 22.6 Å². The minimum atomic E-state index is -0.294. The molecule has 5 nitrogen and oxygen atoms in total. The van der Waals surface area contributed by atoms with Crippen LogP contribution in [0.15, 0.2) is 42.5 Å². The molecule has 0 aliphatic rings. The molecular formula is C15H13FIN5. The van der Waals surface area contributed by atoms with E-state index in [-0.39, 0.29) is 5.82 Å². The Bertz CT molecular complexity index is 772. The highest BCUT2D eigenvalue weighted by Gasteiger charge is 2.06. The van der Waals surface area contributed by atoms with Gasteiger partial charge in [0.05, 0.1) is 18.6 Å². The average Bonchev–Trinajstić information content (AvgIpc) is 2.89. The first-order chi connectivity index (χ1) is 10.5. The number of imidazole rings is 1. The summed E-state index contributed by atoms with van der Waals surface area (Å²) in [5, 5.41) is 19.6. The van der Waals surface area contributed by atoms with Crippen LogP contribution in [-0.2, 0) is 6.54 Å². The van der Waals surface area contributed by atoms with Crippen LogP contribution in [-0.4, -0.2) is 15.3 Å². The van der Waals surface area contributed by atoms with Crippen LogP contribution in [0, 0.1) is 26.1 Å². The van der Waals surface area contributed by atoms with Gasteiger partial charge in [0.25, 0.3) is 0 Å². The number of anilines is 1. The number of nitriles is 1.